The molecule has 0 bridgehead atoms. The van der Waals surface area contributed by atoms with Crippen molar-refractivity contribution in [2.45, 2.75) is 6.61 Å². The first-order valence-electron chi connectivity index (χ1n) is 5.57. The molecule has 0 saturated carbocycles. The number of carboxylic acids is 1. The Morgan fingerprint density at radius 3 is 2.60 bits per heavy atom. The van der Waals surface area contributed by atoms with E-state index in [0.717, 1.165) is 6.07 Å². The normalized spacial score (nSPS) is 10.3. The van der Waals surface area contributed by atoms with E-state index in [9.17, 15) is 13.6 Å². The molecule has 0 aliphatic rings. The monoisotopic (exact) mass is 342 g/mol. The van der Waals surface area contributed by atoms with Crippen LogP contribution in [0, 0.1) is 11.6 Å². The van der Waals surface area contributed by atoms with Gasteiger partial charge in [-0.05, 0) is 40.2 Å². The molecule has 2 aromatic rings. The van der Waals surface area contributed by atoms with Crippen LogP contribution in [0.25, 0.3) is 0 Å². The third-order valence-corrected chi connectivity index (χ3v) is 3.48. The molecular formula is C14H9BrF2O3. The summed E-state index contributed by atoms with van der Waals surface area (Å²) in [6.07, 6.45) is 0. The second-order valence-corrected chi connectivity index (χ2v) is 4.74. The SMILES string of the molecule is O=C(O)c1ccc(OCc2cccc(F)c2Br)c(F)c1. The highest BCUT2D eigenvalue weighted by molar-refractivity contribution is 9.10. The zero-order chi connectivity index (χ0) is 14.7. The van der Waals surface area contributed by atoms with Gasteiger partial charge in [0.2, 0.25) is 0 Å². The Hall–Kier alpha value is -1.95. The molecule has 0 amide bonds. The maximum absolute atomic E-state index is 13.6. The van der Waals surface area contributed by atoms with Crippen molar-refractivity contribution in [2.75, 3.05) is 0 Å². The first-order valence-corrected chi connectivity index (χ1v) is 6.37. The lowest BCUT2D eigenvalue weighted by atomic mass is 10.2. The van der Waals surface area contributed by atoms with Crippen LogP contribution in [0.3, 0.4) is 0 Å². The Labute approximate surface area is 121 Å². The topological polar surface area (TPSA) is 46.5 Å². The van der Waals surface area contributed by atoms with E-state index in [4.69, 9.17) is 9.84 Å². The van der Waals surface area contributed by atoms with Crippen LogP contribution < -0.4 is 4.74 Å². The molecule has 0 spiro atoms. The van der Waals surface area contributed by atoms with Gasteiger partial charge in [0.1, 0.15) is 12.4 Å². The first kappa shape index (κ1) is 14.5. The summed E-state index contributed by atoms with van der Waals surface area (Å²) >= 11 is 3.08. The van der Waals surface area contributed by atoms with E-state index >= 15 is 0 Å². The maximum Gasteiger partial charge on any atom is 0.335 e. The van der Waals surface area contributed by atoms with Gasteiger partial charge in [-0.2, -0.15) is 0 Å². The van der Waals surface area contributed by atoms with Crippen LogP contribution in [0.1, 0.15) is 15.9 Å². The van der Waals surface area contributed by atoms with Crippen molar-refractivity contribution in [3.05, 3.63) is 63.6 Å². The number of rotatable bonds is 4. The van der Waals surface area contributed by atoms with Crippen molar-refractivity contribution in [1.29, 1.82) is 0 Å². The van der Waals surface area contributed by atoms with E-state index in [-0.39, 0.29) is 22.4 Å². The van der Waals surface area contributed by atoms with Crippen molar-refractivity contribution in [3.8, 4) is 5.75 Å². The summed E-state index contributed by atoms with van der Waals surface area (Å²) in [5, 5.41) is 8.72. The molecule has 0 fully saturated rings. The molecule has 104 valence electrons. The molecule has 0 aromatic heterocycles. The molecule has 3 nitrogen and oxygen atoms in total. The fourth-order valence-electron chi connectivity index (χ4n) is 1.57. The molecule has 0 saturated heterocycles. The van der Waals surface area contributed by atoms with Crippen LogP contribution in [0.15, 0.2) is 40.9 Å². The lowest BCUT2D eigenvalue weighted by molar-refractivity contribution is 0.0696. The summed E-state index contributed by atoms with van der Waals surface area (Å²) in [5.41, 5.74) is 0.355. The molecule has 6 heteroatoms. The molecule has 0 heterocycles. The number of halogens is 3. The molecule has 0 aliphatic carbocycles. The number of hydrogen-bond donors (Lipinski definition) is 1. The molecule has 2 aromatic carbocycles. The van der Waals surface area contributed by atoms with Crippen LogP contribution in [0.2, 0.25) is 0 Å². The highest BCUT2D eigenvalue weighted by Crippen LogP contribution is 2.24. The van der Waals surface area contributed by atoms with Gasteiger partial charge < -0.3 is 9.84 Å². The van der Waals surface area contributed by atoms with E-state index in [0.29, 0.717) is 5.56 Å². The van der Waals surface area contributed by atoms with Gasteiger partial charge in [0.05, 0.1) is 10.0 Å². The smallest absolute Gasteiger partial charge is 0.335 e. The van der Waals surface area contributed by atoms with Gasteiger partial charge in [0.15, 0.2) is 11.6 Å². The number of hydrogen-bond acceptors (Lipinski definition) is 2. The molecule has 0 atom stereocenters. The number of carboxylic acid groups (broad SMARTS) is 1. The molecular weight excluding hydrogens is 334 g/mol. The number of benzene rings is 2. The average molecular weight is 343 g/mol. The van der Waals surface area contributed by atoms with Crippen molar-refractivity contribution in [2.24, 2.45) is 0 Å². The molecule has 20 heavy (non-hydrogen) atoms. The minimum atomic E-state index is -1.22. The zero-order valence-electron chi connectivity index (χ0n) is 10.1. The van der Waals surface area contributed by atoms with Gasteiger partial charge in [0, 0.05) is 5.56 Å². The fourth-order valence-corrected chi connectivity index (χ4v) is 1.95. The quantitative estimate of drug-likeness (QED) is 0.913. The first-order chi connectivity index (χ1) is 9.49. The van der Waals surface area contributed by atoms with Gasteiger partial charge in [-0.25, -0.2) is 13.6 Å². The van der Waals surface area contributed by atoms with Crippen LogP contribution >= 0.6 is 15.9 Å². The van der Waals surface area contributed by atoms with E-state index in [1.54, 1.807) is 6.07 Å². The fraction of sp³-hybridized carbons (Fsp3) is 0.0714. The van der Waals surface area contributed by atoms with Gasteiger partial charge >= 0.3 is 5.97 Å². The molecule has 0 unspecified atom stereocenters. The second kappa shape index (κ2) is 6.00. The maximum atomic E-state index is 13.6. The van der Waals surface area contributed by atoms with E-state index in [1.807, 2.05) is 0 Å². The summed E-state index contributed by atoms with van der Waals surface area (Å²) in [6.45, 7) is -0.0400. The second-order valence-electron chi connectivity index (χ2n) is 3.95. The van der Waals surface area contributed by atoms with E-state index < -0.39 is 17.6 Å². The molecule has 0 radical (unpaired) electrons. The Morgan fingerprint density at radius 1 is 1.20 bits per heavy atom. The van der Waals surface area contributed by atoms with Gasteiger partial charge in [-0.15, -0.1) is 0 Å². The lowest BCUT2D eigenvalue weighted by Crippen LogP contribution is -2.02. The van der Waals surface area contributed by atoms with Gasteiger partial charge in [-0.1, -0.05) is 12.1 Å². The summed E-state index contributed by atoms with van der Waals surface area (Å²) in [5.74, 6) is -2.53. The number of carbonyl (C=O) groups is 1. The largest absolute Gasteiger partial charge is 0.486 e. The predicted molar refractivity (Wildman–Crippen MR) is 71.8 cm³/mol. The Morgan fingerprint density at radius 2 is 1.95 bits per heavy atom. The number of ether oxygens (including phenoxy) is 1. The van der Waals surface area contributed by atoms with Crippen molar-refractivity contribution in [1.82, 2.24) is 0 Å². The van der Waals surface area contributed by atoms with Crippen LogP contribution in [-0.4, -0.2) is 11.1 Å². The average Bonchev–Trinajstić information content (AvgIpc) is 2.41. The van der Waals surface area contributed by atoms with Crippen LogP contribution in [0.4, 0.5) is 8.78 Å². The summed E-state index contributed by atoms with van der Waals surface area (Å²) < 4.78 is 32.4. The Kier molecular flexibility index (Phi) is 4.34. The summed E-state index contributed by atoms with van der Waals surface area (Å²) in [4.78, 5) is 10.7. The van der Waals surface area contributed by atoms with Gasteiger partial charge in [0.25, 0.3) is 0 Å². The Balaban J connectivity index is 2.15. The van der Waals surface area contributed by atoms with E-state index in [1.165, 1.54) is 24.3 Å². The van der Waals surface area contributed by atoms with Gasteiger partial charge in [-0.3, -0.25) is 0 Å². The third-order valence-electron chi connectivity index (χ3n) is 2.59. The minimum Gasteiger partial charge on any atom is -0.486 e. The van der Waals surface area contributed by atoms with Crippen molar-refractivity contribution < 1.29 is 23.4 Å². The van der Waals surface area contributed by atoms with Crippen LogP contribution in [-0.2, 0) is 6.61 Å². The molecule has 0 aliphatic heterocycles. The van der Waals surface area contributed by atoms with Crippen molar-refractivity contribution in [3.63, 3.8) is 0 Å². The van der Waals surface area contributed by atoms with Crippen molar-refractivity contribution >= 4 is 21.9 Å². The zero-order valence-corrected chi connectivity index (χ0v) is 11.7. The standard InChI is InChI=1S/C14H9BrF2O3/c15-13-9(2-1-3-10(13)16)7-20-12-5-4-8(14(18)19)6-11(12)17/h1-6H,7H2,(H,18,19). The highest BCUT2D eigenvalue weighted by atomic mass is 79.9. The Bertz CT molecular complexity index is 659. The lowest BCUT2D eigenvalue weighted by Gasteiger charge is -2.09. The van der Waals surface area contributed by atoms with Crippen LogP contribution in [0.5, 0.6) is 5.75 Å². The minimum absolute atomic E-state index is 0.0400. The summed E-state index contributed by atoms with van der Waals surface area (Å²) in [7, 11) is 0. The third kappa shape index (κ3) is 3.14. The summed E-state index contributed by atoms with van der Waals surface area (Å²) in [6, 6.07) is 7.78. The predicted octanol–water partition coefficient (Wildman–Crippen LogP) is 4.00. The van der Waals surface area contributed by atoms with E-state index in [2.05, 4.69) is 15.9 Å². The molecule has 1 N–H and O–H groups in total. The molecule has 2 rings (SSSR count). The highest BCUT2D eigenvalue weighted by Gasteiger charge is 2.11. The number of aromatic carboxylic acids is 1.